The van der Waals surface area contributed by atoms with Crippen LogP contribution in [0.15, 0.2) is 30.9 Å². The maximum absolute atomic E-state index is 14.0. The predicted molar refractivity (Wildman–Crippen MR) is 63.3 cm³/mol. The van der Waals surface area contributed by atoms with E-state index in [1.54, 1.807) is 6.92 Å². The van der Waals surface area contributed by atoms with Crippen LogP contribution in [0.2, 0.25) is 0 Å². The zero-order valence-electron chi connectivity index (χ0n) is 10.6. The average molecular weight is 279 g/mol. The van der Waals surface area contributed by atoms with E-state index in [0.29, 0.717) is 0 Å². The number of cyclic esters (lactones) is 1. The van der Waals surface area contributed by atoms with E-state index < -0.39 is 29.1 Å². The largest absolute Gasteiger partial charge is 0.451 e. The minimum Gasteiger partial charge on any atom is -0.451 e. The number of esters is 1. The topological polar surface area (TPSA) is 57.0 Å². The van der Waals surface area contributed by atoms with Crippen molar-refractivity contribution in [2.75, 3.05) is 0 Å². The molecule has 0 radical (unpaired) electrons. The second-order valence-electron chi connectivity index (χ2n) is 4.75. The van der Waals surface area contributed by atoms with Crippen molar-refractivity contribution in [2.45, 2.75) is 19.1 Å². The summed E-state index contributed by atoms with van der Waals surface area (Å²) in [4.78, 5) is 15.2. The van der Waals surface area contributed by atoms with Gasteiger partial charge in [-0.3, -0.25) is 4.79 Å². The molecule has 0 spiro atoms. The van der Waals surface area contributed by atoms with Gasteiger partial charge in [-0.1, -0.05) is 0 Å². The molecule has 1 aromatic carbocycles. The van der Waals surface area contributed by atoms with Crippen molar-refractivity contribution in [2.24, 2.45) is 5.92 Å². The number of hydrogen-bond acceptors (Lipinski definition) is 4. The summed E-state index contributed by atoms with van der Waals surface area (Å²) in [5.74, 6) is -2.25. The van der Waals surface area contributed by atoms with E-state index in [1.807, 2.05) is 0 Å². The Labute approximate surface area is 113 Å². The molecule has 0 aliphatic carbocycles. The number of rotatable bonds is 3. The molecule has 0 saturated carbocycles. The summed E-state index contributed by atoms with van der Waals surface area (Å²) in [6.45, 7) is 1.70. The highest BCUT2D eigenvalue weighted by Gasteiger charge is 2.57. The van der Waals surface area contributed by atoms with Gasteiger partial charge in [0, 0.05) is 5.56 Å². The van der Waals surface area contributed by atoms with Crippen molar-refractivity contribution < 1.29 is 18.3 Å². The molecule has 2 atom stereocenters. The van der Waals surface area contributed by atoms with Crippen LogP contribution >= 0.6 is 0 Å². The normalized spacial score (nSPS) is 25.1. The molecule has 0 amide bonds. The van der Waals surface area contributed by atoms with Gasteiger partial charge in [-0.25, -0.2) is 18.4 Å². The highest BCUT2D eigenvalue weighted by molar-refractivity contribution is 5.80. The standard InChI is InChI=1S/C13H11F2N3O2/c1-8-12(19)20-13(8,5-18-7-16-6-17-18)10-4-9(14)2-3-11(10)15/h2-4,6-8H,5H2,1H3/t8?,13-/m1/s1. The van der Waals surface area contributed by atoms with E-state index in [0.717, 1.165) is 18.2 Å². The fourth-order valence-electron chi connectivity index (χ4n) is 2.41. The van der Waals surface area contributed by atoms with Crippen LogP contribution in [0.1, 0.15) is 12.5 Å². The number of carbonyl (C=O) groups excluding carboxylic acids is 1. The predicted octanol–water partition coefficient (Wildman–Crippen LogP) is 1.64. The molecular formula is C13H11F2N3O2. The monoisotopic (exact) mass is 279 g/mol. The van der Waals surface area contributed by atoms with Crippen molar-refractivity contribution in [3.63, 3.8) is 0 Å². The Morgan fingerprint density at radius 3 is 2.85 bits per heavy atom. The fraction of sp³-hybridized carbons (Fsp3) is 0.308. The minimum absolute atomic E-state index is 0.0140. The van der Waals surface area contributed by atoms with Gasteiger partial charge in [0.25, 0.3) is 0 Å². The zero-order valence-corrected chi connectivity index (χ0v) is 10.6. The summed E-state index contributed by atoms with van der Waals surface area (Å²) in [6, 6.07) is 3.09. The van der Waals surface area contributed by atoms with E-state index >= 15 is 0 Å². The van der Waals surface area contributed by atoms with Gasteiger partial charge in [-0.2, -0.15) is 5.10 Å². The summed E-state index contributed by atoms with van der Waals surface area (Å²) in [5.41, 5.74) is -1.24. The Hall–Kier alpha value is -2.31. The molecule has 5 nitrogen and oxygen atoms in total. The van der Waals surface area contributed by atoms with Gasteiger partial charge in [0.15, 0.2) is 5.60 Å². The lowest BCUT2D eigenvalue weighted by molar-refractivity contribution is -0.219. The van der Waals surface area contributed by atoms with E-state index in [9.17, 15) is 13.6 Å². The van der Waals surface area contributed by atoms with Crippen molar-refractivity contribution in [3.8, 4) is 0 Å². The Morgan fingerprint density at radius 1 is 1.45 bits per heavy atom. The van der Waals surface area contributed by atoms with Gasteiger partial charge in [-0.05, 0) is 25.1 Å². The van der Waals surface area contributed by atoms with E-state index in [-0.39, 0.29) is 12.1 Å². The first-order chi connectivity index (χ1) is 9.53. The first kappa shape index (κ1) is 12.7. The second kappa shape index (κ2) is 4.36. The highest BCUT2D eigenvalue weighted by Crippen LogP contribution is 2.45. The Balaban J connectivity index is 2.07. The molecule has 20 heavy (non-hydrogen) atoms. The molecule has 2 heterocycles. The summed E-state index contributed by atoms with van der Waals surface area (Å²) in [7, 11) is 0. The Bertz CT molecular complexity index is 660. The first-order valence-electron chi connectivity index (χ1n) is 6.04. The molecule has 1 saturated heterocycles. The van der Waals surface area contributed by atoms with Crippen LogP contribution in [0.25, 0.3) is 0 Å². The molecule has 1 aliphatic heterocycles. The van der Waals surface area contributed by atoms with Crippen LogP contribution in [-0.4, -0.2) is 20.7 Å². The summed E-state index contributed by atoms with van der Waals surface area (Å²) in [5, 5.41) is 3.92. The number of halogens is 2. The number of benzene rings is 1. The maximum Gasteiger partial charge on any atom is 0.314 e. The third kappa shape index (κ3) is 1.77. The number of hydrogen-bond donors (Lipinski definition) is 0. The summed E-state index contributed by atoms with van der Waals surface area (Å²) < 4.78 is 34.0. The van der Waals surface area contributed by atoms with Crippen molar-refractivity contribution in [3.05, 3.63) is 48.1 Å². The molecule has 0 bridgehead atoms. The molecule has 1 fully saturated rings. The van der Waals surface area contributed by atoms with E-state index in [1.165, 1.54) is 17.3 Å². The van der Waals surface area contributed by atoms with Crippen molar-refractivity contribution >= 4 is 5.97 Å². The van der Waals surface area contributed by atoms with Gasteiger partial charge in [0.2, 0.25) is 0 Å². The van der Waals surface area contributed by atoms with Crippen LogP contribution in [0.3, 0.4) is 0 Å². The minimum atomic E-state index is -1.25. The zero-order chi connectivity index (χ0) is 14.3. The Kier molecular flexibility index (Phi) is 2.77. The number of nitrogens with zero attached hydrogens (tertiary/aromatic N) is 3. The van der Waals surface area contributed by atoms with Crippen molar-refractivity contribution in [1.29, 1.82) is 0 Å². The number of ether oxygens (including phenoxy) is 1. The highest BCUT2D eigenvalue weighted by atomic mass is 19.1. The third-order valence-corrected chi connectivity index (χ3v) is 3.58. The van der Waals surface area contributed by atoms with E-state index in [2.05, 4.69) is 10.1 Å². The second-order valence-corrected chi connectivity index (χ2v) is 4.75. The van der Waals surface area contributed by atoms with Crippen LogP contribution in [0.5, 0.6) is 0 Å². The molecule has 104 valence electrons. The molecule has 1 aromatic heterocycles. The van der Waals surface area contributed by atoms with Gasteiger partial charge in [0.1, 0.15) is 30.2 Å². The van der Waals surface area contributed by atoms with Crippen LogP contribution < -0.4 is 0 Å². The summed E-state index contributed by atoms with van der Waals surface area (Å²) >= 11 is 0. The molecule has 7 heteroatoms. The summed E-state index contributed by atoms with van der Waals surface area (Å²) in [6.07, 6.45) is 2.75. The van der Waals surface area contributed by atoms with Crippen LogP contribution in [0, 0.1) is 17.6 Å². The van der Waals surface area contributed by atoms with Gasteiger partial charge >= 0.3 is 5.97 Å². The van der Waals surface area contributed by atoms with E-state index in [4.69, 9.17) is 4.74 Å². The number of aromatic nitrogens is 3. The molecule has 1 unspecified atom stereocenters. The first-order valence-corrected chi connectivity index (χ1v) is 6.04. The third-order valence-electron chi connectivity index (χ3n) is 3.58. The molecule has 3 rings (SSSR count). The average Bonchev–Trinajstić information content (AvgIpc) is 2.93. The molecule has 0 N–H and O–H groups in total. The molecular weight excluding hydrogens is 268 g/mol. The lowest BCUT2D eigenvalue weighted by Gasteiger charge is -2.46. The maximum atomic E-state index is 14.0. The van der Waals surface area contributed by atoms with Gasteiger partial charge in [0.05, 0.1) is 6.54 Å². The Morgan fingerprint density at radius 2 is 2.25 bits per heavy atom. The lowest BCUT2D eigenvalue weighted by atomic mass is 9.77. The molecule has 1 aliphatic rings. The fourth-order valence-corrected chi connectivity index (χ4v) is 2.41. The van der Waals surface area contributed by atoms with Gasteiger partial charge in [-0.15, -0.1) is 0 Å². The van der Waals surface area contributed by atoms with Crippen LogP contribution in [0.4, 0.5) is 8.78 Å². The SMILES string of the molecule is CC1C(=O)O[C@@]1(Cn1cncn1)c1cc(F)ccc1F. The smallest absolute Gasteiger partial charge is 0.314 e. The van der Waals surface area contributed by atoms with Gasteiger partial charge < -0.3 is 4.74 Å². The number of carbonyl (C=O) groups is 1. The van der Waals surface area contributed by atoms with Crippen molar-refractivity contribution in [1.82, 2.24) is 14.8 Å². The molecule has 2 aromatic rings. The van der Waals surface area contributed by atoms with Crippen LogP contribution in [-0.2, 0) is 21.7 Å². The quantitative estimate of drug-likeness (QED) is 0.802. The lowest BCUT2D eigenvalue weighted by Crippen LogP contribution is -2.56.